The highest BCUT2D eigenvalue weighted by atomic mass is 16.3. The number of hydrogen-bond acceptors (Lipinski definition) is 3. The molecule has 9 aromatic carbocycles. The summed E-state index contributed by atoms with van der Waals surface area (Å²) in [7, 11) is 0. The van der Waals surface area contributed by atoms with Gasteiger partial charge < -0.3 is 5.11 Å². The zero-order chi connectivity index (χ0) is 49.6. The van der Waals surface area contributed by atoms with Crippen molar-refractivity contribution in [1.29, 1.82) is 0 Å². The molecule has 350 valence electrons. The Morgan fingerprint density at radius 1 is 0.389 bits per heavy atom. The number of aromatic hydroxyl groups is 1. The van der Waals surface area contributed by atoms with Crippen LogP contribution in [0.4, 0.5) is 0 Å². The van der Waals surface area contributed by atoms with Gasteiger partial charge in [-0.15, -0.1) is 0 Å². The molecule has 4 heteroatoms. The molecule has 4 nitrogen and oxygen atoms in total. The average Bonchev–Trinajstić information content (AvgIpc) is 3.80. The molecule has 0 spiro atoms. The van der Waals surface area contributed by atoms with E-state index in [-0.39, 0.29) is 16.6 Å². The number of benzene rings is 9. The van der Waals surface area contributed by atoms with Crippen LogP contribution in [0.15, 0.2) is 231 Å². The molecule has 0 radical (unpaired) electrons. The number of phenols is 1. The minimum absolute atomic E-state index is 0.205. The van der Waals surface area contributed by atoms with Gasteiger partial charge in [0.2, 0.25) is 0 Å². The Labute approximate surface area is 423 Å². The molecule has 0 aliphatic heterocycles. The van der Waals surface area contributed by atoms with E-state index in [1.54, 1.807) is 0 Å². The molecule has 0 fully saturated rings. The van der Waals surface area contributed by atoms with Crippen molar-refractivity contribution >= 4 is 11.0 Å². The first-order valence-electron chi connectivity index (χ1n) is 24.9. The van der Waals surface area contributed by atoms with Gasteiger partial charge in [0, 0.05) is 28.5 Å². The number of phenolic OH excluding ortho intramolecular Hbond substituents is 1. The number of imidazole rings is 1. The molecule has 11 rings (SSSR count). The summed E-state index contributed by atoms with van der Waals surface area (Å²) >= 11 is 0. The van der Waals surface area contributed by atoms with Gasteiger partial charge in [0.25, 0.3) is 0 Å². The topological polar surface area (TPSA) is 50.9 Å². The second-order valence-electron chi connectivity index (χ2n) is 20.8. The Bertz CT molecular complexity index is 3690. The van der Waals surface area contributed by atoms with Gasteiger partial charge in [0.1, 0.15) is 11.6 Å². The summed E-state index contributed by atoms with van der Waals surface area (Å²) in [6.07, 6.45) is 1.92. The Morgan fingerprint density at radius 2 is 0.903 bits per heavy atom. The largest absolute Gasteiger partial charge is 0.507 e. The van der Waals surface area contributed by atoms with E-state index in [2.05, 4.69) is 271 Å². The van der Waals surface area contributed by atoms with Crippen molar-refractivity contribution in [3.63, 3.8) is 0 Å². The lowest BCUT2D eigenvalue weighted by atomic mass is 9.79. The minimum atomic E-state index is -0.346. The minimum Gasteiger partial charge on any atom is -0.507 e. The zero-order valence-electron chi connectivity index (χ0n) is 41.7. The van der Waals surface area contributed by atoms with Gasteiger partial charge in [-0.2, -0.15) is 0 Å². The van der Waals surface area contributed by atoms with Gasteiger partial charge in [-0.05, 0) is 121 Å². The smallest absolute Gasteiger partial charge is 0.149 e. The summed E-state index contributed by atoms with van der Waals surface area (Å²) in [6, 6.07) is 79.6. The zero-order valence-corrected chi connectivity index (χ0v) is 41.7. The predicted molar refractivity (Wildman–Crippen MR) is 301 cm³/mol. The second-order valence-corrected chi connectivity index (χ2v) is 20.8. The Morgan fingerprint density at radius 3 is 1.51 bits per heavy atom. The molecule has 0 bridgehead atoms. The number of hydrogen-bond donors (Lipinski definition) is 1. The van der Waals surface area contributed by atoms with Gasteiger partial charge in [0.15, 0.2) is 0 Å². The first-order chi connectivity index (χ1) is 34.9. The van der Waals surface area contributed by atoms with Gasteiger partial charge in [-0.3, -0.25) is 9.55 Å². The fourth-order valence-corrected chi connectivity index (χ4v) is 10.2. The van der Waals surface area contributed by atoms with Crippen LogP contribution in [0.2, 0.25) is 0 Å². The Kier molecular flexibility index (Phi) is 11.9. The van der Waals surface area contributed by atoms with Gasteiger partial charge in [-0.1, -0.05) is 217 Å². The predicted octanol–water partition coefficient (Wildman–Crippen LogP) is 18.1. The third-order valence-corrected chi connectivity index (χ3v) is 13.9. The quantitative estimate of drug-likeness (QED) is 0.157. The van der Waals surface area contributed by atoms with E-state index in [0.29, 0.717) is 11.4 Å². The lowest BCUT2D eigenvalue weighted by molar-refractivity contribution is 0.446. The van der Waals surface area contributed by atoms with Crippen LogP contribution in [0.1, 0.15) is 52.7 Å². The summed E-state index contributed by atoms with van der Waals surface area (Å²) in [6.45, 7) is 13.2. The lowest BCUT2D eigenvalue weighted by Crippen LogP contribution is -2.17. The molecule has 0 saturated heterocycles. The highest BCUT2D eigenvalue weighted by Crippen LogP contribution is 2.47. The van der Waals surface area contributed by atoms with Crippen LogP contribution in [0.3, 0.4) is 0 Å². The standard InChI is InChI=1S/C68H57N3O/c1-67(2,3)53-43-58(65(72)59(44-53)68(4,5)6)66-70-64-57(34-22-36-62(64)71(66)61-35-20-19-31-54(61)46-25-13-8-14-26-46)50-39-51(60-42-49(37-38-69-60)45-23-11-7-12-24-45)41-52(40-50)63-55(47-27-15-9-16-28-47)32-21-33-56(63)48-29-17-10-18-30-48/h7-44,72H,1-6H3. The molecule has 0 unspecified atom stereocenters. The molecule has 2 heterocycles. The molecule has 0 aliphatic carbocycles. The maximum Gasteiger partial charge on any atom is 0.149 e. The van der Waals surface area contributed by atoms with E-state index in [9.17, 15) is 5.11 Å². The fraction of sp³-hybridized carbons (Fsp3) is 0.118. The normalized spacial score (nSPS) is 11.8. The summed E-state index contributed by atoms with van der Waals surface area (Å²) < 4.78 is 2.27. The van der Waals surface area contributed by atoms with Crippen molar-refractivity contribution in [2.45, 2.75) is 52.4 Å². The lowest BCUT2D eigenvalue weighted by Gasteiger charge is -2.27. The number of pyridine rings is 1. The van der Waals surface area contributed by atoms with Gasteiger partial charge in [0.05, 0.1) is 28.0 Å². The fourth-order valence-electron chi connectivity index (χ4n) is 10.2. The number of rotatable bonds is 9. The van der Waals surface area contributed by atoms with Crippen LogP contribution < -0.4 is 0 Å². The summed E-state index contributed by atoms with van der Waals surface area (Å²) in [5, 5.41) is 12.6. The number of aromatic nitrogens is 3. The molecule has 0 aliphatic rings. The van der Waals surface area contributed by atoms with Crippen molar-refractivity contribution in [2.24, 2.45) is 0 Å². The van der Waals surface area contributed by atoms with E-state index < -0.39 is 0 Å². The van der Waals surface area contributed by atoms with Crippen LogP contribution in [0.25, 0.3) is 106 Å². The van der Waals surface area contributed by atoms with Crippen LogP contribution in [0.5, 0.6) is 5.75 Å². The molecule has 2 aromatic heterocycles. The maximum absolute atomic E-state index is 12.6. The van der Waals surface area contributed by atoms with E-state index in [4.69, 9.17) is 9.97 Å². The van der Waals surface area contributed by atoms with E-state index in [1.165, 1.54) is 0 Å². The van der Waals surface area contributed by atoms with Crippen LogP contribution >= 0.6 is 0 Å². The summed E-state index contributed by atoms with van der Waals surface area (Å²) in [5.41, 5.74) is 19.8. The highest BCUT2D eigenvalue weighted by Gasteiger charge is 2.29. The number of nitrogens with zero attached hydrogens (tertiary/aromatic N) is 3. The van der Waals surface area contributed by atoms with E-state index >= 15 is 0 Å². The third kappa shape index (κ3) is 8.71. The molecule has 0 atom stereocenters. The Balaban J connectivity index is 1.24. The first kappa shape index (κ1) is 45.8. The summed E-state index contributed by atoms with van der Waals surface area (Å²) in [4.78, 5) is 10.8. The van der Waals surface area contributed by atoms with Crippen molar-refractivity contribution in [2.75, 3.05) is 0 Å². The van der Waals surface area contributed by atoms with Gasteiger partial charge >= 0.3 is 0 Å². The first-order valence-corrected chi connectivity index (χ1v) is 24.9. The van der Waals surface area contributed by atoms with E-state index in [0.717, 1.165) is 106 Å². The number of fused-ring (bicyclic) bond motifs is 1. The van der Waals surface area contributed by atoms with Crippen LogP contribution in [-0.4, -0.2) is 19.6 Å². The molecule has 0 saturated carbocycles. The molecule has 1 N–H and O–H groups in total. The SMILES string of the molecule is CC(C)(C)c1cc(-c2nc3c(-c4cc(-c5cc(-c6ccccc6)ccn5)cc(-c5c(-c6ccccc6)cccc5-c5ccccc5)c4)cccc3n2-c2ccccc2-c2ccccc2)c(O)c(C(C)(C)C)c1. The average molecular weight is 932 g/mol. The van der Waals surface area contributed by atoms with E-state index in [1.807, 2.05) is 6.20 Å². The van der Waals surface area contributed by atoms with Crippen LogP contribution in [-0.2, 0) is 10.8 Å². The monoisotopic (exact) mass is 931 g/mol. The molecular weight excluding hydrogens is 875 g/mol. The number of para-hydroxylation sites is 2. The van der Waals surface area contributed by atoms with Crippen molar-refractivity contribution in [1.82, 2.24) is 14.5 Å². The Hall–Kier alpha value is -8.60. The molecule has 11 aromatic rings. The third-order valence-electron chi connectivity index (χ3n) is 13.9. The van der Waals surface area contributed by atoms with Crippen molar-refractivity contribution < 1.29 is 5.11 Å². The van der Waals surface area contributed by atoms with Crippen LogP contribution in [0, 0.1) is 0 Å². The highest BCUT2D eigenvalue weighted by molar-refractivity contribution is 6.01. The molecular formula is C68H57N3O. The van der Waals surface area contributed by atoms with Crippen molar-refractivity contribution in [3.8, 4) is 101 Å². The maximum atomic E-state index is 12.6. The van der Waals surface area contributed by atoms with Crippen molar-refractivity contribution in [3.05, 3.63) is 242 Å². The van der Waals surface area contributed by atoms with Gasteiger partial charge in [-0.25, -0.2) is 4.98 Å². The summed E-state index contributed by atoms with van der Waals surface area (Å²) in [5.74, 6) is 0.912. The molecule has 72 heavy (non-hydrogen) atoms. The molecule has 0 amide bonds. The second kappa shape index (κ2) is 18.6.